The molecule has 1 aromatic rings. The maximum absolute atomic E-state index is 13.1. The molecule has 0 spiro atoms. The molecule has 3 N–H and O–H groups in total. The Kier molecular flexibility index (Phi) is 7.59. The third-order valence-electron chi connectivity index (χ3n) is 7.81. The Labute approximate surface area is 204 Å². The zero-order valence-electron chi connectivity index (χ0n) is 20.0. The molecule has 34 heavy (non-hydrogen) atoms. The zero-order chi connectivity index (χ0) is 24.6. The van der Waals surface area contributed by atoms with E-state index in [1.54, 1.807) is 13.8 Å². The normalized spacial score (nSPS) is 39.7. The third kappa shape index (κ3) is 5.28. The molecule has 3 aliphatic rings. The maximum atomic E-state index is 13.1. The fraction of sp³-hybridized carbons (Fsp3) is 0.720. The highest BCUT2D eigenvalue weighted by Gasteiger charge is 2.52. The quantitative estimate of drug-likeness (QED) is 0.433. The number of carbonyl (C=O) groups is 2. The molecule has 5 unspecified atom stereocenters. The molecule has 9 heteroatoms. The molecule has 2 bridgehead atoms. The molecule has 3 fully saturated rings. The summed E-state index contributed by atoms with van der Waals surface area (Å²) < 4.78 is 11.7. The summed E-state index contributed by atoms with van der Waals surface area (Å²) in [4.78, 5) is 30.3. The van der Waals surface area contributed by atoms with E-state index in [0.717, 1.165) is 24.8 Å². The number of aliphatic hydroxyl groups is 3. The molecule has 2 saturated heterocycles. The first-order chi connectivity index (χ1) is 16.1. The number of epoxide rings is 1. The number of ketones is 1. The molecule has 1 aromatic heterocycles. The van der Waals surface area contributed by atoms with Crippen molar-refractivity contribution in [2.45, 2.75) is 96.4 Å². The van der Waals surface area contributed by atoms with Gasteiger partial charge in [-0.05, 0) is 43.8 Å². The number of hydrogen-bond acceptors (Lipinski definition) is 9. The average molecular weight is 494 g/mol. The number of aliphatic hydroxyl groups excluding tert-OH is 3. The Morgan fingerprint density at radius 1 is 1.29 bits per heavy atom. The minimum Gasteiger partial charge on any atom is -0.458 e. The third-order valence-corrected chi connectivity index (χ3v) is 8.66. The fourth-order valence-electron chi connectivity index (χ4n) is 5.56. The van der Waals surface area contributed by atoms with Crippen molar-refractivity contribution in [1.29, 1.82) is 0 Å². The van der Waals surface area contributed by atoms with Crippen molar-refractivity contribution < 1.29 is 34.4 Å². The van der Waals surface area contributed by atoms with E-state index in [2.05, 4.69) is 4.98 Å². The van der Waals surface area contributed by atoms with Crippen LogP contribution in [0.5, 0.6) is 0 Å². The van der Waals surface area contributed by atoms with Gasteiger partial charge in [-0.25, -0.2) is 4.98 Å². The van der Waals surface area contributed by atoms with Gasteiger partial charge < -0.3 is 24.8 Å². The number of fused-ring (bicyclic) bond motifs is 3. The summed E-state index contributed by atoms with van der Waals surface area (Å²) >= 11 is 1.36. The van der Waals surface area contributed by atoms with Crippen LogP contribution in [0.3, 0.4) is 0 Å². The number of rotatable bonds is 3. The van der Waals surface area contributed by atoms with Crippen LogP contribution in [-0.2, 0) is 25.7 Å². The van der Waals surface area contributed by atoms with E-state index in [1.807, 2.05) is 18.4 Å². The first kappa shape index (κ1) is 25.4. The van der Waals surface area contributed by atoms with Crippen LogP contribution in [0.25, 0.3) is 6.08 Å². The van der Waals surface area contributed by atoms with Crippen LogP contribution in [0.2, 0.25) is 0 Å². The van der Waals surface area contributed by atoms with Gasteiger partial charge in [-0.2, -0.15) is 0 Å². The lowest BCUT2D eigenvalue weighted by atomic mass is 9.60. The van der Waals surface area contributed by atoms with Crippen molar-refractivity contribution >= 4 is 29.2 Å². The first-order valence-corrected chi connectivity index (χ1v) is 13.0. The Hall–Kier alpha value is -1.65. The number of cyclic esters (lactones) is 1. The molecule has 8 atom stereocenters. The van der Waals surface area contributed by atoms with E-state index in [1.165, 1.54) is 11.3 Å². The van der Waals surface area contributed by atoms with E-state index < -0.39 is 35.6 Å². The standard InChI is InChI=1S/C25H35NO7S/c1-13(7-16-12-34-21(11-27)26-16)18-8-19-17(32-19)6-4-5-15-10-25(3,20(28)9-22(29)33-18)24(31)14(2)23(15)30/h7,12,14-15,17-20,23,27-28,30H,4-6,8-11H2,1-3H3/b13-7+/t14-,15-,17?,18?,19?,20+,23?,25?/m1/s1. The van der Waals surface area contributed by atoms with Crippen LogP contribution >= 0.6 is 11.3 Å². The van der Waals surface area contributed by atoms with Gasteiger partial charge in [0, 0.05) is 17.7 Å². The highest BCUT2D eigenvalue weighted by molar-refractivity contribution is 7.09. The maximum Gasteiger partial charge on any atom is 0.309 e. The summed E-state index contributed by atoms with van der Waals surface area (Å²) in [5.41, 5.74) is 0.386. The second-order valence-electron chi connectivity index (χ2n) is 10.3. The van der Waals surface area contributed by atoms with Crippen molar-refractivity contribution in [2.75, 3.05) is 0 Å². The first-order valence-electron chi connectivity index (χ1n) is 12.1. The van der Waals surface area contributed by atoms with Crippen LogP contribution in [0.15, 0.2) is 11.0 Å². The van der Waals surface area contributed by atoms with Crippen LogP contribution < -0.4 is 0 Å². The van der Waals surface area contributed by atoms with Crippen molar-refractivity contribution in [2.24, 2.45) is 17.3 Å². The van der Waals surface area contributed by atoms with Crippen LogP contribution in [-0.4, -0.2) is 62.6 Å². The van der Waals surface area contributed by atoms with Crippen molar-refractivity contribution in [1.82, 2.24) is 4.98 Å². The monoisotopic (exact) mass is 493 g/mol. The van der Waals surface area contributed by atoms with Gasteiger partial charge in [0.25, 0.3) is 0 Å². The summed E-state index contributed by atoms with van der Waals surface area (Å²) in [6.45, 7) is 5.15. The smallest absolute Gasteiger partial charge is 0.309 e. The molecule has 1 saturated carbocycles. The summed E-state index contributed by atoms with van der Waals surface area (Å²) in [6, 6.07) is 0. The number of thiazole rings is 1. The molecular formula is C25H35NO7S. The van der Waals surface area contributed by atoms with Gasteiger partial charge >= 0.3 is 5.97 Å². The predicted octanol–water partition coefficient (Wildman–Crippen LogP) is 2.64. The summed E-state index contributed by atoms with van der Waals surface area (Å²) in [7, 11) is 0. The van der Waals surface area contributed by atoms with Gasteiger partial charge in [0.15, 0.2) is 0 Å². The largest absolute Gasteiger partial charge is 0.458 e. The molecule has 188 valence electrons. The van der Waals surface area contributed by atoms with E-state index in [4.69, 9.17) is 9.47 Å². The predicted molar refractivity (Wildman–Crippen MR) is 126 cm³/mol. The zero-order valence-corrected chi connectivity index (χ0v) is 20.8. The molecule has 0 aromatic carbocycles. The Morgan fingerprint density at radius 2 is 2.06 bits per heavy atom. The van der Waals surface area contributed by atoms with Crippen molar-refractivity contribution in [3.63, 3.8) is 0 Å². The topological polar surface area (TPSA) is 129 Å². The number of Topliss-reactive ketones (excluding diaryl/α,β-unsaturated/α-hetero) is 1. The van der Waals surface area contributed by atoms with E-state index in [9.17, 15) is 24.9 Å². The van der Waals surface area contributed by atoms with Gasteiger partial charge in [0.05, 0.1) is 48.6 Å². The molecule has 8 nitrogen and oxygen atoms in total. The Balaban J connectivity index is 1.55. The van der Waals surface area contributed by atoms with E-state index in [0.29, 0.717) is 23.5 Å². The molecular weight excluding hydrogens is 458 g/mol. The number of nitrogens with zero attached hydrogens (tertiary/aromatic N) is 1. The minimum absolute atomic E-state index is 0.0144. The Morgan fingerprint density at radius 3 is 2.76 bits per heavy atom. The summed E-state index contributed by atoms with van der Waals surface area (Å²) in [6.07, 6.45) is 2.46. The number of hydrogen-bond donors (Lipinski definition) is 3. The number of ether oxygens (including phenoxy) is 2. The lowest BCUT2D eigenvalue weighted by molar-refractivity contribution is -0.161. The molecule has 3 heterocycles. The van der Waals surface area contributed by atoms with Crippen LogP contribution in [0.4, 0.5) is 0 Å². The number of carbonyl (C=O) groups excluding carboxylic acids is 2. The second kappa shape index (κ2) is 10.1. The van der Waals surface area contributed by atoms with Gasteiger partial charge in [-0.3, -0.25) is 9.59 Å². The molecule has 0 amide bonds. The van der Waals surface area contributed by atoms with Gasteiger partial charge in [0.1, 0.15) is 16.9 Å². The number of aromatic nitrogens is 1. The van der Waals surface area contributed by atoms with Crippen molar-refractivity contribution in [3.8, 4) is 0 Å². The highest BCUT2D eigenvalue weighted by atomic mass is 32.1. The van der Waals surface area contributed by atoms with Gasteiger partial charge in [0.2, 0.25) is 0 Å². The van der Waals surface area contributed by atoms with Gasteiger partial charge in [-0.1, -0.05) is 20.3 Å². The fourth-order valence-corrected chi connectivity index (χ4v) is 6.17. The van der Waals surface area contributed by atoms with Gasteiger partial charge in [-0.15, -0.1) is 11.3 Å². The molecule has 4 rings (SSSR count). The molecule has 1 aliphatic carbocycles. The summed E-state index contributed by atoms with van der Waals surface area (Å²) in [5, 5.41) is 33.4. The van der Waals surface area contributed by atoms with Crippen LogP contribution in [0.1, 0.15) is 70.0 Å². The number of esters is 1. The molecule has 2 aliphatic heterocycles. The second-order valence-corrected chi connectivity index (χ2v) is 11.3. The van der Waals surface area contributed by atoms with E-state index in [-0.39, 0.29) is 36.9 Å². The Bertz CT molecular complexity index is 945. The van der Waals surface area contributed by atoms with Crippen molar-refractivity contribution in [3.05, 3.63) is 21.7 Å². The highest BCUT2D eigenvalue weighted by Crippen LogP contribution is 2.45. The van der Waals surface area contributed by atoms with Crippen LogP contribution in [0, 0.1) is 17.3 Å². The lowest BCUT2D eigenvalue weighted by Crippen LogP contribution is -2.54. The van der Waals surface area contributed by atoms with E-state index >= 15 is 0 Å². The lowest BCUT2D eigenvalue weighted by Gasteiger charge is -2.45. The SMILES string of the molecule is C/C(=C\c1csc(CO)n1)C1CC2OC2CCC[C@@H]2CC(C)(C(=O)[C@H](C)C2O)[C@@H](O)CC(=O)O1. The summed E-state index contributed by atoms with van der Waals surface area (Å²) in [5.74, 6) is -1.47. The molecule has 0 radical (unpaired) electrons. The average Bonchev–Trinajstić information content (AvgIpc) is 3.37. The minimum atomic E-state index is -1.19.